The largest absolute Gasteiger partial charge is 0.454 e. The van der Waals surface area contributed by atoms with E-state index in [0.717, 1.165) is 16.3 Å². The maximum absolute atomic E-state index is 12.8. The van der Waals surface area contributed by atoms with E-state index in [1.807, 2.05) is 36.9 Å². The normalized spacial score (nSPS) is 18.7. The van der Waals surface area contributed by atoms with Crippen LogP contribution in [-0.2, 0) is 4.74 Å². The number of benzene rings is 1. The summed E-state index contributed by atoms with van der Waals surface area (Å²) < 4.78 is 16.2. The molecule has 1 saturated heterocycles. The molecule has 24 heavy (non-hydrogen) atoms. The number of nitrogens with zero attached hydrogens (tertiary/aromatic N) is 2. The van der Waals surface area contributed by atoms with E-state index < -0.39 is 0 Å². The summed E-state index contributed by atoms with van der Waals surface area (Å²) >= 11 is 1.39. The van der Waals surface area contributed by atoms with Gasteiger partial charge in [-0.25, -0.2) is 4.98 Å². The van der Waals surface area contributed by atoms with Crippen LogP contribution in [-0.4, -0.2) is 47.9 Å². The molecule has 7 heteroatoms. The second kappa shape index (κ2) is 5.75. The van der Waals surface area contributed by atoms with Gasteiger partial charge in [-0.1, -0.05) is 0 Å². The Hall–Kier alpha value is -2.12. The van der Waals surface area contributed by atoms with Crippen LogP contribution in [0.1, 0.15) is 23.5 Å². The van der Waals surface area contributed by atoms with Gasteiger partial charge in [0, 0.05) is 12.1 Å². The molecule has 2 aliphatic rings. The first-order valence-electron chi connectivity index (χ1n) is 7.80. The Labute approximate surface area is 144 Å². The number of aromatic nitrogens is 1. The lowest BCUT2D eigenvalue weighted by Gasteiger charge is -2.41. The topological polar surface area (TPSA) is 60.9 Å². The van der Waals surface area contributed by atoms with Crippen molar-refractivity contribution in [3.63, 3.8) is 0 Å². The van der Waals surface area contributed by atoms with Crippen molar-refractivity contribution in [3.8, 4) is 22.1 Å². The van der Waals surface area contributed by atoms with Crippen LogP contribution in [0.4, 0.5) is 0 Å². The van der Waals surface area contributed by atoms with Crippen LogP contribution in [0.2, 0.25) is 0 Å². The Morgan fingerprint density at radius 3 is 2.96 bits per heavy atom. The van der Waals surface area contributed by atoms with Gasteiger partial charge in [0.2, 0.25) is 6.79 Å². The third-order valence-corrected chi connectivity index (χ3v) is 5.26. The molecule has 2 aromatic rings. The molecule has 1 aromatic heterocycles. The van der Waals surface area contributed by atoms with Crippen LogP contribution < -0.4 is 9.47 Å². The van der Waals surface area contributed by atoms with Gasteiger partial charge in [0.15, 0.2) is 11.5 Å². The van der Waals surface area contributed by atoms with E-state index >= 15 is 0 Å². The molecule has 0 aliphatic carbocycles. The Morgan fingerprint density at radius 2 is 2.12 bits per heavy atom. The lowest BCUT2D eigenvalue weighted by Crippen LogP contribution is -2.55. The average molecular weight is 346 g/mol. The van der Waals surface area contributed by atoms with E-state index in [1.54, 1.807) is 6.20 Å². The number of hydrogen-bond acceptors (Lipinski definition) is 6. The molecule has 4 rings (SSSR count). The maximum Gasteiger partial charge on any atom is 0.266 e. The quantitative estimate of drug-likeness (QED) is 0.837. The van der Waals surface area contributed by atoms with Gasteiger partial charge in [-0.15, -0.1) is 11.3 Å². The molecular weight excluding hydrogens is 328 g/mol. The van der Waals surface area contributed by atoms with Gasteiger partial charge in [-0.2, -0.15) is 0 Å². The van der Waals surface area contributed by atoms with Crippen molar-refractivity contribution in [3.05, 3.63) is 29.3 Å². The molecule has 0 bridgehead atoms. The van der Waals surface area contributed by atoms with Crippen LogP contribution in [0, 0.1) is 0 Å². The third-order valence-electron chi connectivity index (χ3n) is 4.23. The molecule has 0 N–H and O–H groups in total. The number of amides is 1. The lowest BCUT2D eigenvalue weighted by molar-refractivity contribution is -0.0368. The van der Waals surface area contributed by atoms with E-state index in [4.69, 9.17) is 14.2 Å². The fourth-order valence-electron chi connectivity index (χ4n) is 2.90. The summed E-state index contributed by atoms with van der Waals surface area (Å²) in [4.78, 5) is 19.8. The summed E-state index contributed by atoms with van der Waals surface area (Å²) in [7, 11) is 0. The number of ether oxygens (including phenoxy) is 3. The zero-order chi connectivity index (χ0) is 16.7. The highest BCUT2D eigenvalue weighted by molar-refractivity contribution is 7.16. The van der Waals surface area contributed by atoms with E-state index in [1.165, 1.54) is 11.3 Å². The summed E-state index contributed by atoms with van der Waals surface area (Å²) in [5, 5.41) is 0.794. The van der Waals surface area contributed by atoms with Crippen molar-refractivity contribution in [2.45, 2.75) is 19.4 Å². The number of hydrogen-bond donors (Lipinski definition) is 0. The summed E-state index contributed by atoms with van der Waals surface area (Å²) in [5.41, 5.74) is 0.614. The maximum atomic E-state index is 12.8. The lowest BCUT2D eigenvalue weighted by atomic mass is 10.0. The van der Waals surface area contributed by atoms with Gasteiger partial charge in [0.25, 0.3) is 5.91 Å². The van der Waals surface area contributed by atoms with E-state index in [2.05, 4.69) is 4.98 Å². The van der Waals surface area contributed by atoms with Crippen molar-refractivity contribution in [1.29, 1.82) is 0 Å². The monoisotopic (exact) mass is 346 g/mol. The predicted octanol–water partition coefficient (Wildman–Crippen LogP) is 2.79. The number of fused-ring (bicyclic) bond motifs is 1. The van der Waals surface area contributed by atoms with Crippen LogP contribution in [0.5, 0.6) is 11.5 Å². The Morgan fingerprint density at radius 1 is 1.29 bits per heavy atom. The number of carbonyl (C=O) groups is 1. The summed E-state index contributed by atoms with van der Waals surface area (Å²) in [6, 6.07) is 5.69. The second-order valence-electron chi connectivity index (χ2n) is 6.42. The molecule has 0 unspecified atom stereocenters. The zero-order valence-electron chi connectivity index (χ0n) is 13.6. The first-order valence-corrected chi connectivity index (χ1v) is 8.62. The van der Waals surface area contributed by atoms with Crippen molar-refractivity contribution in [2.24, 2.45) is 0 Å². The first kappa shape index (κ1) is 15.4. The first-order chi connectivity index (χ1) is 11.5. The molecule has 1 amide bonds. The molecule has 126 valence electrons. The average Bonchev–Trinajstić information content (AvgIpc) is 3.22. The van der Waals surface area contributed by atoms with Crippen LogP contribution in [0.15, 0.2) is 24.4 Å². The number of carbonyl (C=O) groups excluding carboxylic acids is 1. The molecular formula is C17H18N2O4S. The van der Waals surface area contributed by atoms with Crippen LogP contribution >= 0.6 is 11.3 Å². The SMILES string of the molecule is CC1(C)COCCN1C(=O)c1cnc(-c2ccc3c(c2)OCO3)s1. The van der Waals surface area contributed by atoms with Gasteiger partial charge in [-0.3, -0.25) is 4.79 Å². The molecule has 0 spiro atoms. The highest BCUT2D eigenvalue weighted by Crippen LogP contribution is 2.37. The van der Waals surface area contributed by atoms with Crippen LogP contribution in [0.3, 0.4) is 0 Å². The van der Waals surface area contributed by atoms with Gasteiger partial charge in [-0.05, 0) is 32.0 Å². The van der Waals surface area contributed by atoms with Gasteiger partial charge >= 0.3 is 0 Å². The standard InChI is InChI=1S/C17H18N2O4S/c1-17(2)9-21-6-5-19(17)16(20)14-8-18-15(24-14)11-3-4-12-13(7-11)23-10-22-12/h3-4,7-8H,5-6,9-10H2,1-2H3. The fourth-order valence-corrected chi connectivity index (χ4v) is 3.77. The number of morpholine rings is 1. The highest BCUT2D eigenvalue weighted by Gasteiger charge is 2.35. The van der Waals surface area contributed by atoms with E-state index in [9.17, 15) is 4.79 Å². The minimum Gasteiger partial charge on any atom is -0.454 e. The highest BCUT2D eigenvalue weighted by atomic mass is 32.1. The van der Waals surface area contributed by atoms with Gasteiger partial charge in [0.1, 0.15) is 9.88 Å². The number of rotatable bonds is 2. The van der Waals surface area contributed by atoms with Crippen molar-refractivity contribution < 1.29 is 19.0 Å². The minimum absolute atomic E-state index is 0.00722. The fraction of sp³-hybridized carbons (Fsp3) is 0.412. The predicted molar refractivity (Wildman–Crippen MR) is 89.6 cm³/mol. The van der Waals surface area contributed by atoms with Crippen molar-refractivity contribution in [1.82, 2.24) is 9.88 Å². The molecule has 1 aromatic carbocycles. The Balaban J connectivity index is 1.59. The third kappa shape index (κ3) is 2.63. The van der Waals surface area contributed by atoms with E-state index in [0.29, 0.717) is 30.4 Å². The second-order valence-corrected chi connectivity index (χ2v) is 7.45. The zero-order valence-corrected chi connectivity index (χ0v) is 14.4. The molecule has 0 saturated carbocycles. The summed E-state index contributed by atoms with van der Waals surface area (Å²) in [6.07, 6.45) is 1.65. The Kier molecular flexibility index (Phi) is 3.69. The van der Waals surface area contributed by atoms with Crippen molar-refractivity contribution >= 4 is 17.2 Å². The van der Waals surface area contributed by atoms with E-state index in [-0.39, 0.29) is 18.2 Å². The smallest absolute Gasteiger partial charge is 0.266 e. The van der Waals surface area contributed by atoms with Gasteiger partial charge in [0.05, 0.1) is 24.9 Å². The van der Waals surface area contributed by atoms with Crippen molar-refractivity contribution in [2.75, 3.05) is 26.6 Å². The minimum atomic E-state index is -0.307. The summed E-state index contributed by atoms with van der Waals surface area (Å²) in [6.45, 7) is 6.00. The molecule has 2 aliphatic heterocycles. The molecule has 1 fully saturated rings. The molecule has 6 nitrogen and oxygen atoms in total. The molecule has 3 heterocycles. The number of thiazole rings is 1. The molecule has 0 radical (unpaired) electrons. The Bertz CT molecular complexity index is 787. The van der Waals surface area contributed by atoms with Crippen LogP contribution in [0.25, 0.3) is 10.6 Å². The van der Waals surface area contributed by atoms with Gasteiger partial charge < -0.3 is 19.1 Å². The summed E-state index contributed by atoms with van der Waals surface area (Å²) in [5.74, 6) is 1.46. The molecule has 0 atom stereocenters.